The summed E-state index contributed by atoms with van der Waals surface area (Å²) in [6, 6.07) is 24.8. The van der Waals surface area contributed by atoms with Gasteiger partial charge in [0.15, 0.2) is 5.50 Å². The fraction of sp³-hybridized carbons (Fsp3) is 0.115. The van der Waals surface area contributed by atoms with Crippen LogP contribution in [0.4, 0.5) is 0 Å². The van der Waals surface area contributed by atoms with Crippen LogP contribution < -0.4 is 15.6 Å². The Morgan fingerprint density at radius 3 is 2.41 bits per heavy atom. The Balaban J connectivity index is 1.57. The molecule has 3 aromatic carbocycles. The molecule has 0 spiro atoms. The van der Waals surface area contributed by atoms with Gasteiger partial charge in [-0.25, -0.2) is 15.4 Å². The Bertz CT molecular complexity index is 1390. The first-order chi connectivity index (χ1) is 16.6. The lowest BCUT2D eigenvalue weighted by Crippen LogP contribution is -2.34. The van der Waals surface area contributed by atoms with Gasteiger partial charge in [-0.05, 0) is 57.8 Å². The first-order valence-corrected chi connectivity index (χ1v) is 11.7. The number of hydrazine groups is 1. The maximum absolute atomic E-state index is 10.9. The molecule has 1 aliphatic heterocycles. The van der Waals surface area contributed by atoms with Crippen LogP contribution in [0.2, 0.25) is 0 Å². The molecule has 4 aromatic rings. The molecule has 2 heterocycles. The van der Waals surface area contributed by atoms with E-state index in [1.54, 1.807) is 13.3 Å². The minimum atomic E-state index is -0.872. The normalized spacial score (nSPS) is 15.1. The van der Waals surface area contributed by atoms with Crippen molar-refractivity contribution in [2.24, 2.45) is 4.99 Å². The Hall–Kier alpha value is -3.88. The molecule has 8 heteroatoms. The summed E-state index contributed by atoms with van der Waals surface area (Å²) in [6.45, 7) is 0. The number of carboxylic acid groups (broad SMARTS) is 1. The number of nitrogens with zero attached hydrogens (tertiary/aromatic N) is 2. The van der Waals surface area contributed by atoms with E-state index in [4.69, 9.17) is 9.84 Å². The molecule has 0 fully saturated rings. The topological polar surface area (TPSA) is 95.8 Å². The van der Waals surface area contributed by atoms with Crippen molar-refractivity contribution >= 4 is 34.3 Å². The monoisotopic (exact) mass is 470 g/mol. The molecule has 5 rings (SSSR count). The van der Waals surface area contributed by atoms with Gasteiger partial charge in [-0.15, -0.1) is 11.8 Å². The summed E-state index contributed by atoms with van der Waals surface area (Å²) >= 11 is 1.21. The molecule has 7 nitrogen and oxygen atoms in total. The third-order valence-electron chi connectivity index (χ3n) is 5.49. The number of carbonyl (C=O) groups is 1. The van der Waals surface area contributed by atoms with E-state index < -0.39 is 5.97 Å². The average molecular weight is 471 g/mol. The summed E-state index contributed by atoms with van der Waals surface area (Å²) in [4.78, 5) is 19.9. The van der Waals surface area contributed by atoms with Gasteiger partial charge in [0.25, 0.3) is 0 Å². The van der Waals surface area contributed by atoms with Crippen LogP contribution >= 0.6 is 11.8 Å². The van der Waals surface area contributed by atoms with Crippen LogP contribution in [0, 0.1) is 0 Å². The number of fused-ring (bicyclic) bond motifs is 1. The minimum absolute atomic E-state index is 0.0317. The van der Waals surface area contributed by atoms with Crippen LogP contribution in [0.1, 0.15) is 5.56 Å². The highest BCUT2D eigenvalue weighted by atomic mass is 32.2. The average Bonchev–Trinajstić information content (AvgIpc) is 3.36. The number of aromatic nitrogens is 1. The largest absolute Gasteiger partial charge is 0.481 e. The van der Waals surface area contributed by atoms with E-state index >= 15 is 0 Å². The highest BCUT2D eigenvalue weighted by Gasteiger charge is 2.20. The number of ether oxygens (including phenoxy) is 1. The lowest BCUT2D eigenvalue weighted by Gasteiger charge is -2.12. The second-order valence-corrected chi connectivity index (χ2v) is 8.82. The number of hydrogen-bond acceptors (Lipinski definition) is 7. The first-order valence-electron chi connectivity index (χ1n) is 10.7. The van der Waals surface area contributed by atoms with Gasteiger partial charge >= 0.3 is 5.97 Å². The van der Waals surface area contributed by atoms with Crippen molar-refractivity contribution in [2.75, 3.05) is 12.9 Å². The van der Waals surface area contributed by atoms with Crippen molar-refractivity contribution in [3.8, 4) is 28.1 Å². The molecule has 0 saturated carbocycles. The fourth-order valence-electron chi connectivity index (χ4n) is 3.83. The van der Waals surface area contributed by atoms with Crippen LogP contribution in [0.15, 0.2) is 84.0 Å². The molecule has 1 unspecified atom stereocenters. The van der Waals surface area contributed by atoms with Crippen LogP contribution in [-0.2, 0) is 4.79 Å². The number of amidine groups is 1. The zero-order valence-electron chi connectivity index (χ0n) is 18.4. The second-order valence-electron chi connectivity index (χ2n) is 7.75. The van der Waals surface area contributed by atoms with E-state index in [0.717, 1.165) is 27.8 Å². The number of pyridine rings is 1. The lowest BCUT2D eigenvalue weighted by molar-refractivity contribution is -0.133. The molecule has 0 aliphatic carbocycles. The first kappa shape index (κ1) is 21.9. The van der Waals surface area contributed by atoms with Crippen LogP contribution in [0.25, 0.3) is 33.0 Å². The maximum atomic E-state index is 10.9. The molecule has 0 bridgehead atoms. The second kappa shape index (κ2) is 9.54. The van der Waals surface area contributed by atoms with E-state index in [0.29, 0.717) is 11.7 Å². The van der Waals surface area contributed by atoms with Crippen LogP contribution in [-0.4, -0.2) is 40.3 Å². The summed E-state index contributed by atoms with van der Waals surface area (Å²) < 4.78 is 5.20. The fourth-order valence-corrected chi connectivity index (χ4v) is 4.45. The molecule has 1 aliphatic rings. The molecule has 0 radical (unpaired) electrons. The molecule has 0 saturated heterocycles. The number of nitrogens with one attached hydrogen (secondary N) is 2. The number of thioether (sulfide) groups is 1. The van der Waals surface area contributed by atoms with Gasteiger partial charge < -0.3 is 15.3 Å². The number of methoxy groups -OCH3 is 1. The predicted octanol–water partition coefficient (Wildman–Crippen LogP) is 4.53. The van der Waals surface area contributed by atoms with Gasteiger partial charge in [-0.2, -0.15) is 0 Å². The Morgan fingerprint density at radius 2 is 1.68 bits per heavy atom. The summed E-state index contributed by atoms with van der Waals surface area (Å²) in [5, 5.41) is 11.3. The number of hydrogen-bond donors (Lipinski definition) is 3. The standard InChI is InChI=1S/C26H22N4O3S/c1-33-23-9-8-19(14-27-23)21-11-20(18-7-6-16-4-2-3-5-17(16)10-18)12-22(13-21)25-28-26(30-29-25)34-15-24(31)32/h2-14,26,30H,15H2,1H3,(H,28,29)(H,31,32). The van der Waals surface area contributed by atoms with Gasteiger partial charge in [0, 0.05) is 23.4 Å². The minimum Gasteiger partial charge on any atom is -0.481 e. The van der Waals surface area contributed by atoms with Gasteiger partial charge in [-0.3, -0.25) is 4.79 Å². The third-order valence-corrected chi connectivity index (χ3v) is 6.45. The number of carboxylic acids is 1. The predicted molar refractivity (Wildman–Crippen MR) is 136 cm³/mol. The summed E-state index contributed by atoms with van der Waals surface area (Å²) in [5.41, 5.74) is 10.7. The van der Waals surface area contributed by atoms with Gasteiger partial charge in [-0.1, -0.05) is 36.4 Å². The van der Waals surface area contributed by atoms with Gasteiger partial charge in [0.1, 0.15) is 5.84 Å². The maximum Gasteiger partial charge on any atom is 0.313 e. The molecule has 3 N–H and O–H groups in total. The van der Waals surface area contributed by atoms with Crippen LogP contribution in [0.5, 0.6) is 5.88 Å². The number of aliphatic imine (C=N–C) groups is 1. The Kier molecular flexibility index (Phi) is 6.16. The van der Waals surface area contributed by atoms with Crippen molar-refractivity contribution in [3.05, 3.63) is 84.6 Å². The van der Waals surface area contributed by atoms with Crippen LogP contribution in [0.3, 0.4) is 0 Å². The highest BCUT2D eigenvalue weighted by molar-refractivity contribution is 8.00. The van der Waals surface area contributed by atoms with Gasteiger partial charge in [0.05, 0.1) is 12.9 Å². The molecule has 0 amide bonds. The smallest absolute Gasteiger partial charge is 0.313 e. The summed E-state index contributed by atoms with van der Waals surface area (Å²) in [6.07, 6.45) is 1.79. The summed E-state index contributed by atoms with van der Waals surface area (Å²) in [5.74, 6) is 0.311. The number of rotatable bonds is 7. The number of aliphatic carboxylic acids is 1. The van der Waals surface area contributed by atoms with E-state index in [1.807, 2.05) is 30.3 Å². The number of benzene rings is 3. The van der Waals surface area contributed by atoms with E-state index in [1.165, 1.54) is 22.5 Å². The highest BCUT2D eigenvalue weighted by Crippen LogP contribution is 2.31. The SMILES string of the molecule is COc1ccc(-c2cc(C3=NC(SCC(=O)O)NN3)cc(-c3ccc4ccccc4c3)c2)cn1. The van der Waals surface area contributed by atoms with Crippen molar-refractivity contribution in [1.29, 1.82) is 0 Å². The molecule has 34 heavy (non-hydrogen) atoms. The Morgan fingerprint density at radius 1 is 0.941 bits per heavy atom. The summed E-state index contributed by atoms with van der Waals surface area (Å²) in [7, 11) is 1.59. The molecule has 1 atom stereocenters. The molecular weight excluding hydrogens is 448 g/mol. The van der Waals surface area contributed by atoms with Crippen molar-refractivity contribution in [3.63, 3.8) is 0 Å². The van der Waals surface area contributed by atoms with E-state index in [9.17, 15) is 4.79 Å². The molecule has 170 valence electrons. The van der Waals surface area contributed by atoms with Crippen molar-refractivity contribution < 1.29 is 14.6 Å². The van der Waals surface area contributed by atoms with E-state index in [-0.39, 0.29) is 11.3 Å². The van der Waals surface area contributed by atoms with E-state index in [2.05, 4.69) is 63.3 Å². The molecular formula is C26H22N4O3S. The zero-order valence-corrected chi connectivity index (χ0v) is 19.2. The quantitative estimate of drug-likeness (QED) is 0.365. The lowest BCUT2D eigenvalue weighted by atomic mass is 9.95. The zero-order chi connectivity index (χ0) is 23.5. The third kappa shape index (κ3) is 4.73. The van der Waals surface area contributed by atoms with Crippen molar-refractivity contribution in [1.82, 2.24) is 15.8 Å². The van der Waals surface area contributed by atoms with Gasteiger partial charge in [0.2, 0.25) is 5.88 Å². The molecule has 1 aromatic heterocycles. The van der Waals surface area contributed by atoms with Crippen molar-refractivity contribution in [2.45, 2.75) is 5.50 Å². The Labute approximate surface area is 200 Å².